The third kappa shape index (κ3) is 3.98. The predicted molar refractivity (Wildman–Crippen MR) is 112 cm³/mol. The normalized spacial score (nSPS) is 18.4. The van der Waals surface area contributed by atoms with Crippen LogP contribution in [0.1, 0.15) is 28.8 Å². The van der Waals surface area contributed by atoms with E-state index in [0.29, 0.717) is 55.4 Å². The lowest BCUT2D eigenvalue weighted by molar-refractivity contribution is -0.139. The molecule has 0 spiro atoms. The number of piperazine rings is 1. The Morgan fingerprint density at radius 1 is 0.897 bits per heavy atom. The maximum absolute atomic E-state index is 12.8. The van der Waals surface area contributed by atoms with Crippen molar-refractivity contribution in [1.29, 1.82) is 0 Å². The summed E-state index contributed by atoms with van der Waals surface area (Å²) in [5.74, 6) is -0.272. The minimum absolute atomic E-state index is 0.0855. The third-order valence-electron chi connectivity index (χ3n) is 5.44. The topological polar surface area (TPSA) is 73.2 Å². The zero-order valence-electron chi connectivity index (χ0n) is 15.9. The summed E-state index contributed by atoms with van der Waals surface area (Å²) in [5, 5.41) is 10.0. The van der Waals surface area contributed by atoms with Gasteiger partial charge < -0.3 is 14.9 Å². The molecule has 2 aliphatic rings. The first-order valence-electron chi connectivity index (χ1n) is 9.68. The summed E-state index contributed by atoms with van der Waals surface area (Å²) in [6, 6.07) is 16.7. The van der Waals surface area contributed by atoms with E-state index in [9.17, 15) is 14.7 Å². The standard InChI is InChI=1S/C22H22ClN3O3/c23-18-9-5-4-8-17(18)20(27)26-14-12-25(13-15-26)19(16-6-2-1-3-7-16)24-22(10-11-22)21(28)29/h1-9H,10-15H2,(H,28,29). The van der Waals surface area contributed by atoms with Gasteiger partial charge in [-0.15, -0.1) is 0 Å². The Morgan fingerprint density at radius 3 is 2.07 bits per heavy atom. The summed E-state index contributed by atoms with van der Waals surface area (Å²) in [5.41, 5.74) is 0.392. The molecule has 1 amide bonds. The number of carbonyl (C=O) groups excluding carboxylic acids is 1. The summed E-state index contributed by atoms with van der Waals surface area (Å²) in [6.07, 6.45) is 1.12. The van der Waals surface area contributed by atoms with Crippen LogP contribution in [0.5, 0.6) is 0 Å². The van der Waals surface area contributed by atoms with E-state index in [1.54, 1.807) is 29.2 Å². The number of hydrogen-bond donors (Lipinski definition) is 1. The predicted octanol–water partition coefficient (Wildman–Crippen LogP) is 3.16. The van der Waals surface area contributed by atoms with Crippen LogP contribution in [0.3, 0.4) is 0 Å². The van der Waals surface area contributed by atoms with Gasteiger partial charge >= 0.3 is 5.97 Å². The molecule has 1 heterocycles. The van der Waals surface area contributed by atoms with Gasteiger partial charge in [0.05, 0.1) is 10.6 Å². The molecule has 0 radical (unpaired) electrons. The smallest absolute Gasteiger partial charge is 0.331 e. The number of nitrogens with zero attached hydrogens (tertiary/aromatic N) is 3. The fraction of sp³-hybridized carbons (Fsp3) is 0.318. The van der Waals surface area contributed by atoms with Gasteiger partial charge in [0.1, 0.15) is 5.84 Å². The van der Waals surface area contributed by atoms with Crippen LogP contribution in [0.4, 0.5) is 0 Å². The van der Waals surface area contributed by atoms with Crippen molar-refractivity contribution in [3.05, 3.63) is 70.7 Å². The lowest BCUT2D eigenvalue weighted by Gasteiger charge is -2.37. The van der Waals surface area contributed by atoms with Crippen molar-refractivity contribution in [2.45, 2.75) is 18.4 Å². The number of benzene rings is 2. The number of aliphatic carboxylic acids is 1. The van der Waals surface area contributed by atoms with Gasteiger partial charge in [0.25, 0.3) is 5.91 Å². The lowest BCUT2D eigenvalue weighted by atomic mass is 10.1. The van der Waals surface area contributed by atoms with E-state index < -0.39 is 11.5 Å². The van der Waals surface area contributed by atoms with Crippen molar-refractivity contribution >= 4 is 29.3 Å². The maximum atomic E-state index is 12.8. The second-order valence-corrected chi connectivity index (χ2v) is 7.80. The Bertz CT molecular complexity index is 949. The molecule has 2 fully saturated rings. The molecule has 0 bridgehead atoms. The maximum Gasteiger partial charge on any atom is 0.331 e. The second kappa shape index (κ2) is 7.87. The number of aliphatic imine (C=N–C) groups is 1. The number of amides is 1. The van der Waals surface area contributed by atoms with Crippen LogP contribution < -0.4 is 0 Å². The molecular formula is C22H22ClN3O3. The molecule has 4 rings (SSSR count). The average molecular weight is 412 g/mol. The van der Waals surface area contributed by atoms with E-state index in [-0.39, 0.29) is 5.91 Å². The molecule has 0 unspecified atom stereocenters. The van der Waals surface area contributed by atoms with Crippen molar-refractivity contribution in [2.24, 2.45) is 4.99 Å². The van der Waals surface area contributed by atoms with Crippen LogP contribution in [0.25, 0.3) is 0 Å². The Morgan fingerprint density at radius 2 is 1.48 bits per heavy atom. The molecule has 0 aromatic heterocycles. The highest BCUT2D eigenvalue weighted by Gasteiger charge is 2.51. The van der Waals surface area contributed by atoms with Crippen molar-refractivity contribution in [2.75, 3.05) is 26.2 Å². The van der Waals surface area contributed by atoms with Crippen LogP contribution in [-0.4, -0.2) is 64.3 Å². The van der Waals surface area contributed by atoms with Gasteiger partial charge in [-0.05, 0) is 25.0 Å². The van der Waals surface area contributed by atoms with Crippen LogP contribution >= 0.6 is 11.6 Å². The minimum atomic E-state index is -1.00. The number of hydrogen-bond acceptors (Lipinski definition) is 3. The molecule has 2 aromatic rings. The molecule has 6 nitrogen and oxygen atoms in total. The van der Waals surface area contributed by atoms with Crippen LogP contribution in [-0.2, 0) is 4.79 Å². The molecule has 7 heteroatoms. The van der Waals surface area contributed by atoms with E-state index >= 15 is 0 Å². The first-order valence-corrected chi connectivity index (χ1v) is 10.1. The third-order valence-corrected chi connectivity index (χ3v) is 5.77. The number of carboxylic acid groups (broad SMARTS) is 1. The second-order valence-electron chi connectivity index (χ2n) is 7.40. The SMILES string of the molecule is O=C(c1ccccc1Cl)N1CCN(C(=NC2(C(=O)O)CC2)c2ccccc2)CC1. The lowest BCUT2D eigenvalue weighted by Crippen LogP contribution is -2.51. The molecule has 1 saturated heterocycles. The van der Waals surface area contributed by atoms with Gasteiger partial charge in [0.2, 0.25) is 0 Å². The van der Waals surface area contributed by atoms with Crippen molar-refractivity contribution in [3.8, 4) is 0 Å². The first-order chi connectivity index (χ1) is 14.0. The molecule has 2 aromatic carbocycles. The van der Waals surface area contributed by atoms with E-state index in [4.69, 9.17) is 11.6 Å². The van der Waals surface area contributed by atoms with Gasteiger partial charge in [0.15, 0.2) is 5.54 Å². The van der Waals surface area contributed by atoms with Gasteiger partial charge in [-0.3, -0.25) is 4.79 Å². The highest BCUT2D eigenvalue weighted by molar-refractivity contribution is 6.33. The van der Waals surface area contributed by atoms with E-state index in [1.165, 1.54) is 0 Å². The van der Waals surface area contributed by atoms with Crippen LogP contribution in [0.2, 0.25) is 5.02 Å². The molecule has 1 aliphatic heterocycles. The largest absolute Gasteiger partial charge is 0.479 e. The van der Waals surface area contributed by atoms with Crippen LogP contribution in [0.15, 0.2) is 59.6 Å². The molecule has 29 heavy (non-hydrogen) atoms. The van der Waals surface area contributed by atoms with E-state index in [1.807, 2.05) is 30.3 Å². The van der Waals surface area contributed by atoms with Gasteiger partial charge in [-0.2, -0.15) is 0 Å². The number of rotatable bonds is 4. The Balaban J connectivity index is 1.53. The molecular weight excluding hydrogens is 390 g/mol. The minimum Gasteiger partial charge on any atom is -0.479 e. The summed E-state index contributed by atoms with van der Waals surface area (Å²) in [4.78, 5) is 33.0. The van der Waals surface area contributed by atoms with E-state index in [0.717, 1.165) is 5.56 Å². The van der Waals surface area contributed by atoms with Gasteiger partial charge in [-0.25, -0.2) is 9.79 Å². The highest BCUT2D eigenvalue weighted by atomic mass is 35.5. The van der Waals surface area contributed by atoms with Crippen molar-refractivity contribution in [1.82, 2.24) is 9.80 Å². The highest BCUT2D eigenvalue weighted by Crippen LogP contribution is 2.40. The summed E-state index contributed by atoms with van der Waals surface area (Å²) >= 11 is 6.17. The Kier molecular flexibility index (Phi) is 5.28. The zero-order valence-corrected chi connectivity index (χ0v) is 16.7. The van der Waals surface area contributed by atoms with Crippen molar-refractivity contribution < 1.29 is 14.7 Å². The molecule has 1 N–H and O–H groups in total. The molecule has 0 atom stereocenters. The Hall–Kier alpha value is -2.86. The monoisotopic (exact) mass is 411 g/mol. The van der Waals surface area contributed by atoms with Crippen molar-refractivity contribution in [3.63, 3.8) is 0 Å². The fourth-order valence-corrected chi connectivity index (χ4v) is 3.74. The zero-order chi connectivity index (χ0) is 20.4. The quantitative estimate of drug-likeness (QED) is 0.619. The number of carbonyl (C=O) groups is 2. The molecule has 1 aliphatic carbocycles. The average Bonchev–Trinajstić information content (AvgIpc) is 3.54. The fourth-order valence-electron chi connectivity index (χ4n) is 3.53. The van der Waals surface area contributed by atoms with Crippen LogP contribution in [0, 0.1) is 0 Å². The van der Waals surface area contributed by atoms with Gasteiger partial charge in [0, 0.05) is 31.7 Å². The number of halogens is 1. The number of carboxylic acids is 1. The molecule has 1 saturated carbocycles. The summed E-state index contributed by atoms with van der Waals surface area (Å²) in [6.45, 7) is 2.21. The first kappa shape index (κ1) is 19.5. The molecule has 150 valence electrons. The summed E-state index contributed by atoms with van der Waals surface area (Å²) < 4.78 is 0. The number of amidine groups is 1. The Labute approximate surface area is 174 Å². The summed E-state index contributed by atoms with van der Waals surface area (Å²) in [7, 11) is 0. The van der Waals surface area contributed by atoms with E-state index in [2.05, 4.69) is 9.89 Å². The van der Waals surface area contributed by atoms with Gasteiger partial charge in [-0.1, -0.05) is 54.1 Å².